The first kappa shape index (κ1) is 12.3. The number of aromatic nitrogens is 2. The molecule has 0 amide bonds. The number of carbonyl (C=O) groups is 1. The zero-order chi connectivity index (χ0) is 14.3. The van der Waals surface area contributed by atoms with Crippen molar-refractivity contribution in [3.05, 3.63) is 53.8 Å². The van der Waals surface area contributed by atoms with E-state index in [4.69, 9.17) is 5.11 Å². The van der Waals surface area contributed by atoms with Crippen LogP contribution in [-0.4, -0.2) is 20.9 Å². The molecule has 0 spiro atoms. The lowest BCUT2D eigenvalue weighted by Crippen LogP contribution is -1.96. The van der Waals surface area contributed by atoms with Crippen molar-refractivity contribution in [1.29, 1.82) is 0 Å². The van der Waals surface area contributed by atoms with Crippen LogP contribution in [0.4, 0.5) is 4.39 Å². The maximum atomic E-state index is 13.3. The lowest BCUT2D eigenvalue weighted by molar-refractivity contribution is 0.0697. The lowest BCUT2D eigenvalue weighted by Gasteiger charge is -1.99. The number of benzene rings is 2. The maximum absolute atomic E-state index is 13.3. The molecule has 2 aromatic carbocycles. The first-order valence-corrected chi connectivity index (χ1v) is 6.02. The number of rotatable bonds is 2. The largest absolute Gasteiger partial charge is 0.478 e. The normalized spacial score (nSPS) is 10.9. The van der Waals surface area contributed by atoms with Gasteiger partial charge in [-0.1, -0.05) is 12.1 Å². The Hall–Kier alpha value is -2.69. The van der Waals surface area contributed by atoms with Crippen molar-refractivity contribution < 1.29 is 14.3 Å². The summed E-state index contributed by atoms with van der Waals surface area (Å²) in [5, 5.41) is 14.2. The van der Waals surface area contributed by atoms with Crippen LogP contribution in [0.25, 0.3) is 22.2 Å². The Labute approximate surface area is 114 Å². The third-order valence-electron chi connectivity index (χ3n) is 3.20. The van der Waals surface area contributed by atoms with Crippen LogP contribution in [0.3, 0.4) is 0 Å². The Morgan fingerprint density at radius 2 is 2.05 bits per heavy atom. The SMILES string of the molecule is Cn1nc(-c2cccc(F)c2)c2ccc(C(=O)O)cc21. The molecule has 5 heteroatoms. The Kier molecular flexibility index (Phi) is 2.75. The van der Waals surface area contributed by atoms with Crippen molar-refractivity contribution in [1.82, 2.24) is 9.78 Å². The van der Waals surface area contributed by atoms with E-state index in [1.807, 2.05) is 0 Å². The second-order valence-electron chi connectivity index (χ2n) is 4.52. The molecule has 0 aliphatic heterocycles. The van der Waals surface area contributed by atoms with Crippen molar-refractivity contribution >= 4 is 16.9 Å². The molecule has 0 saturated carbocycles. The zero-order valence-corrected chi connectivity index (χ0v) is 10.7. The molecular formula is C15H11FN2O2. The van der Waals surface area contributed by atoms with Crippen LogP contribution < -0.4 is 0 Å². The average molecular weight is 270 g/mol. The molecule has 0 saturated heterocycles. The standard InChI is InChI=1S/C15H11FN2O2/c1-18-13-8-10(15(19)20)5-6-12(13)14(17-18)9-3-2-4-11(16)7-9/h2-8H,1H3,(H,19,20). The quantitative estimate of drug-likeness (QED) is 0.778. The van der Waals surface area contributed by atoms with Crippen LogP contribution in [0.15, 0.2) is 42.5 Å². The number of halogens is 1. The minimum atomic E-state index is -0.986. The van der Waals surface area contributed by atoms with Gasteiger partial charge >= 0.3 is 5.97 Å². The third kappa shape index (κ3) is 1.93. The van der Waals surface area contributed by atoms with Gasteiger partial charge in [-0.15, -0.1) is 0 Å². The predicted octanol–water partition coefficient (Wildman–Crippen LogP) is 3.08. The number of fused-ring (bicyclic) bond motifs is 1. The van der Waals surface area contributed by atoms with Gasteiger partial charge in [0, 0.05) is 18.0 Å². The van der Waals surface area contributed by atoms with Gasteiger partial charge in [-0.25, -0.2) is 9.18 Å². The summed E-state index contributed by atoms with van der Waals surface area (Å²) in [4.78, 5) is 11.0. The van der Waals surface area contributed by atoms with Gasteiger partial charge in [0.05, 0.1) is 11.1 Å². The molecular weight excluding hydrogens is 259 g/mol. The molecule has 1 N–H and O–H groups in total. The van der Waals surface area contributed by atoms with Crippen LogP contribution >= 0.6 is 0 Å². The fourth-order valence-electron chi connectivity index (χ4n) is 2.24. The Bertz CT molecular complexity index is 824. The number of nitrogens with zero attached hydrogens (tertiary/aromatic N) is 2. The molecule has 100 valence electrons. The number of carboxylic acid groups (broad SMARTS) is 1. The molecule has 1 aromatic heterocycles. The van der Waals surface area contributed by atoms with Crippen LogP contribution in [0.2, 0.25) is 0 Å². The second-order valence-corrected chi connectivity index (χ2v) is 4.52. The molecule has 0 aliphatic rings. The number of hydrogen-bond donors (Lipinski definition) is 1. The van der Waals surface area contributed by atoms with E-state index in [9.17, 15) is 9.18 Å². The topological polar surface area (TPSA) is 55.1 Å². The van der Waals surface area contributed by atoms with Crippen molar-refractivity contribution in [3.63, 3.8) is 0 Å². The number of aromatic carboxylic acids is 1. The molecule has 1 heterocycles. The molecule has 0 unspecified atom stereocenters. The van der Waals surface area contributed by atoms with E-state index in [2.05, 4.69) is 5.10 Å². The zero-order valence-electron chi connectivity index (χ0n) is 10.7. The number of carboxylic acids is 1. The van der Waals surface area contributed by atoms with E-state index in [1.54, 1.807) is 36.0 Å². The molecule has 0 aliphatic carbocycles. The summed E-state index contributed by atoms with van der Waals surface area (Å²) in [6, 6.07) is 11.0. The van der Waals surface area contributed by atoms with Gasteiger partial charge < -0.3 is 5.11 Å². The fraction of sp³-hybridized carbons (Fsp3) is 0.0667. The highest BCUT2D eigenvalue weighted by molar-refractivity contribution is 5.98. The van der Waals surface area contributed by atoms with Gasteiger partial charge in [-0.05, 0) is 30.3 Å². The van der Waals surface area contributed by atoms with Crippen LogP contribution in [0.1, 0.15) is 10.4 Å². The van der Waals surface area contributed by atoms with Crippen LogP contribution in [0, 0.1) is 5.82 Å². The second kappa shape index (κ2) is 4.45. The van der Waals surface area contributed by atoms with Gasteiger partial charge in [-0.3, -0.25) is 4.68 Å². The summed E-state index contributed by atoms with van der Waals surface area (Å²) < 4.78 is 14.9. The van der Waals surface area contributed by atoms with E-state index in [0.29, 0.717) is 16.8 Å². The van der Waals surface area contributed by atoms with E-state index < -0.39 is 5.97 Å². The lowest BCUT2D eigenvalue weighted by atomic mass is 10.1. The van der Waals surface area contributed by atoms with Gasteiger partial charge in [0.15, 0.2) is 0 Å². The summed E-state index contributed by atoms with van der Waals surface area (Å²) in [6.07, 6.45) is 0. The van der Waals surface area contributed by atoms with Crippen molar-refractivity contribution in [2.45, 2.75) is 0 Å². The van der Waals surface area contributed by atoms with E-state index in [0.717, 1.165) is 5.39 Å². The fourth-order valence-corrected chi connectivity index (χ4v) is 2.24. The predicted molar refractivity (Wildman–Crippen MR) is 73.1 cm³/mol. The first-order valence-electron chi connectivity index (χ1n) is 6.02. The van der Waals surface area contributed by atoms with Crippen molar-refractivity contribution in [3.8, 4) is 11.3 Å². The summed E-state index contributed by atoms with van der Waals surface area (Å²) in [6.45, 7) is 0. The summed E-state index contributed by atoms with van der Waals surface area (Å²) >= 11 is 0. The Morgan fingerprint density at radius 1 is 1.25 bits per heavy atom. The molecule has 0 bridgehead atoms. The van der Waals surface area contributed by atoms with Crippen molar-refractivity contribution in [2.24, 2.45) is 7.05 Å². The third-order valence-corrected chi connectivity index (χ3v) is 3.20. The highest BCUT2D eigenvalue weighted by Gasteiger charge is 2.13. The summed E-state index contributed by atoms with van der Waals surface area (Å²) in [5.74, 6) is -1.32. The minimum absolute atomic E-state index is 0.200. The summed E-state index contributed by atoms with van der Waals surface area (Å²) in [7, 11) is 1.73. The molecule has 0 fully saturated rings. The molecule has 0 radical (unpaired) electrons. The molecule has 20 heavy (non-hydrogen) atoms. The first-order chi connectivity index (χ1) is 9.56. The molecule has 4 nitrogen and oxygen atoms in total. The smallest absolute Gasteiger partial charge is 0.335 e. The van der Waals surface area contributed by atoms with Crippen LogP contribution in [0.5, 0.6) is 0 Å². The Balaban J connectivity index is 2.25. The van der Waals surface area contributed by atoms with Gasteiger partial charge in [-0.2, -0.15) is 5.10 Å². The van der Waals surface area contributed by atoms with E-state index in [-0.39, 0.29) is 11.4 Å². The van der Waals surface area contributed by atoms with Gasteiger partial charge in [0.25, 0.3) is 0 Å². The van der Waals surface area contributed by atoms with E-state index in [1.165, 1.54) is 18.2 Å². The van der Waals surface area contributed by atoms with E-state index >= 15 is 0 Å². The number of hydrogen-bond acceptors (Lipinski definition) is 2. The van der Waals surface area contributed by atoms with Gasteiger partial charge in [0.1, 0.15) is 11.5 Å². The average Bonchev–Trinajstić information content (AvgIpc) is 2.76. The van der Waals surface area contributed by atoms with Gasteiger partial charge in [0.2, 0.25) is 0 Å². The Morgan fingerprint density at radius 3 is 2.75 bits per heavy atom. The minimum Gasteiger partial charge on any atom is -0.478 e. The molecule has 3 rings (SSSR count). The van der Waals surface area contributed by atoms with Crippen LogP contribution in [-0.2, 0) is 7.05 Å². The molecule has 0 atom stereocenters. The monoisotopic (exact) mass is 270 g/mol. The number of aryl methyl sites for hydroxylation is 1. The summed E-state index contributed by atoms with van der Waals surface area (Å²) in [5.41, 5.74) is 2.20. The van der Waals surface area contributed by atoms with Crippen molar-refractivity contribution in [2.75, 3.05) is 0 Å². The highest BCUT2D eigenvalue weighted by Crippen LogP contribution is 2.28. The maximum Gasteiger partial charge on any atom is 0.335 e. The highest BCUT2D eigenvalue weighted by atomic mass is 19.1. The molecule has 3 aromatic rings.